The van der Waals surface area contributed by atoms with E-state index in [1.807, 2.05) is 24.3 Å². The lowest BCUT2D eigenvalue weighted by molar-refractivity contribution is 0.126. The Morgan fingerprint density at radius 2 is 2.10 bits per heavy atom. The summed E-state index contributed by atoms with van der Waals surface area (Å²) in [4.78, 5) is 17.1. The normalized spacial score (nSPS) is 17.5. The van der Waals surface area contributed by atoms with Crippen molar-refractivity contribution in [1.82, 2.24) is 24.9 Å². The molecule has 0 radical (unpaired) electrons. The first-order valence-electron chi connectivity index (χ1n) is 10.1. The van der Waals surface area contributed by atoms with Crippen LogP contribution in [0.1, 0.15) is 49.5 Å². The number of rotatable bonds is 4. The molecule has 31 heavy (non-hydrogen) atoms. The molecule has 160 valence electrons. The van der Waals surface area contributed by atoms with Crippen molar-refractivity contribution in [2.75, 3.05) is 0 Å². The van der Waals surface area contributed by atoms with Crippen LogP contribution < -0.4 is 5.32 Å². The Kier molecular flexibility index (Phi) is 4.76. The maximum absolute atomic E-state index is 6.13. The number of fused-ring (bicyclic) bond motifs is 5. The predicted octanol–water partition coefficient (Wildman–Crippen LogP) is 4.70. The highest BCUT2D eigenvalue weighted by Gasteiger charge is 2.39. The van der Waals surface area contributed by atoms with Crippen LogP contribution in [0.15, 0.2) is 35.7 Å². The van der Waals surface area contributed by atoms with Gasteiger partial charge in [0.2, 0.25) is 0 Å². The number of thiophene rings is 1. The van der Waals surface area contributed by atoms with Crippen LogP contribution in [0.4, 0.5) is 0 Å². The number of hydrogen-bond acceptors (Lipinski definition) is 7. The van der Waals surface area contributed by atoms with Gasteiger partial charge in [-0.2, -0.15) is 0 Å². The van der Waals surface area contributed by atoms with Crippen LogP contribution in [-0.4, -0.2) is 31.3 Å². The lowest BCUT2D eigenvalue weighted by Crippen LogP contribution is -2.54. The van der Waals surface area contributed by atoms with Gasteiger partial charge in [0.1, 0.15) is 11.2 Å². The smallest absolute Gasteiger partial charge is 0.192 e. The summed E-state index contributed by atoms with van der Waals surface area (Å²) >= 11 is 7.86. The minimum Gasteiger partial charge on any atom is -0.387 e. The first kappa shape index (κ1) is 20.4. The molecule has 0 amide bonds. The van der Waals surface area contributed by atoms with Crippen LogP contribution >= 0.6 is 22.9 Å². The van der Waals surface area contributed by atoms with E-state index in [4.69, 9.17) is 21.4 Å². The molecular formula is C22H23ClN6OS. The van der Waals surface area contributed by atoms with E-state index in [1.54, 1.807) is 28.4 Å². The number of nitrogens with zero attached hydrogens (tertiary/aromatic N) is 5. The van der Waals surface area contributed by atoms with Crippen molar-refractivity contribution < 1.29 is 4.84 Å². The highest BCUT2D eigenvalue weighted by Crippen LogP contribution is 2.44. The Morgan fingerprint density at radius 1 is 1.29 bits per heavy atom. The summed E-state index contributed by atoms with van der Waals surface area (Å²) in [7, 11) is 0. The maximum atomic E-state index is 6.13. The Bertz CT molecular complexity index is 1320. The van der Waals surface area contributed by atoms with Gasteiger partial charge in [-0.1, -0.05) is 35.0 Å². The van der Waals surface area contributed by atoms with Crippen molar-refractivity contribution >= 4 is 45.0 Å². The molecule has 4 heterocycles. The molecule has 0 spiro atoms. The zero-order chi connectivity index (χ0) is 21.8. The van der Waals surface area contributed by atoms with Crippen molar-refractivity contribution in [3.63, 3.8) is 0 Å². The zero-order valence-electron chi connectivity index (χ0n) is 17.8. The highest BCUT2D eigenvalue weighted by molar-refractivity contribution is 7.19. The van der Waals surface area contributed by atoms with Gasteiger partial charge < -0.3 is 10.2 Å². The first-order chi connectivity index (χ1) is 14.7. The number of hydrogen-bond donors (Lipinski definition) is 1. The van der Waals surface area contributed by atoms with Gasteiger partial charge in [0.05, 0.1) is 11.6 Å². The van der Waals surface area contributed by atoms with Crippen molar-refractivity contribution in [2.45, 2.75) is 51.8 Å². The van der Waals surface area contributed by atoms with Gasteiger partial charge >= 0.3 is 0 Å². The topological polar surface area (TPSA) is 76.7 Å². The predicted molar refractivity (Wildman–Crippen MR) is 124 cm³/mol. The molecule has 3 aromatic heterocycles. The van der Waals surface area contributed by atoms with Crippen LogP contribution in [-0.2, 0) is 23.4 Å². The van der Waals surface area contributed by atoms with Gasteiger partial charge in [0, 0.05) is 26.5 Å². The molecule has 1 aromatic carbocycles. The summed E-state index contributed by atoms with van der Waals surface area (Å²) in [5, 5.41) is 14.0. The van der Waals surface area contributed by atoms with E-state index < -0.39 is 0 Å². The molecule has 0 aliphatic carbocycles. The molecule has 0 unspecified atom stereocenters. The standard InChI is InChI=1S/C22H23ClN6OS/c1-21(2)9-14-17-19-26-16(11-30-25-10-13-7-5-6-8-15(13)23)27-29(19)12-24-20(17)31-18(14)22(3,4)28-21/h5-8,10,12,28H,9,11H2,1-4H3/b25-10+. The van der Waals surface area contributed by atoms with Crippen molar-refractivity contribution in [1.29, 1.82) is 0 Å². The van der Waals surface area contributed by atoms with Gasteiger partial charge in [0.25, 0.3) is 0 Å². The van der Waals surface area contributed by atoms with E-state index in [-0.39, 0.29) is 17.7 Å². The molecule has 1 N–H and O–H groups in total. The first-order valence-corrected chi connectivity index (χ1v) is 11.3. The second-order valence-corrected chi connectivity index (χ2v) is 10.4. The average Bonchev–Trinajstić information content (AvgIpc) is 3.26. The van der Waals surface area contributed by atoms with Gasteiger partial charge in [-0.05, 0) is 45.7 Å². The number of benzene rings is 1. The summed E-state index contributed by atoms with van der Waals surface area (Å²) in [6.07, 6.45) is 4.22. The summed E-state index contributed by atoms with van der Waals surface area (Å²) < 4.78 is 1.73. The van der Waals surface area contributed by atoms with Crippen LogP contribution in [0.25, 0.3) is 15.9 Å². The molecule has 0 bridgehead atoms. The van der Waals surface area contributed by atoms with Crippen molar-refractivity contribution in [2.24, 2.45) is 5.16 Å². The molecule has 1 aliphatic rings. The number of oxime groups is 1. The van der Waals surface area contributed by atoms with E-state index in [1.165, 1.54) is 10.4 Å². The van der Waals surface area contributed by atoms with Gasteiger partial charge in [-0.25, -0.2) is 14.5 Å². The zero-order valence-corrected chi connectivity index (χ0v) is 19.4. The van der Waals surface area contributed by atoms with E-state index in [0.29, 0.717) is 10.8 Å². The lowest BCUT2D eigenvalue weighted by Gasteiger charge is -2.42. The number of nitrogens with one attached hydrogen (secondary N) is 1. The minimum atomic E-state index is -0.126. The van der Waals surface area contributed by atoms with Crippen LogP contribution in [0.5, 0.6) is 0 Å². The largest absolute Gasteiger partial charge is 0.387 e. The quantitative estimate of drug-likeness (QED) is 0.357. The highest BCUT2D eigenvalue weighted by atomic mass is 35.5. The van der Waals surface area contributed by atoms with Crippen LogP contribution in [0.2, 0.25) is 5.02 Å². The Labute approximate surface area is 189 Å². The summed E-state index contributed by atoms with van der Waals surface area (Å²) in [5.74, 6) is 0.554. The van der Waals surface area contributed by atoms with Gasteiger partial charge in [0.15, 0.2) is 18.1 Å². The lowest BCUT2D eigenvalue weighted by atomic mass is 9.82. The molecule has 7 nitrogen and oxygen atoms in total. The van der Waals surface area contributed by atoms with Crippen molar-refractivity contribution in [3.05, 3.63) is 57.4 Å². The van der Waals surface area contributed by atoms with Gasteiger partial charge in [-0.3, -0.25) is 0 Å². The fourth-order valence-electron chi connectivity index (χ4n) is 4.39. The molecule has 0 fully saturated rings. The number of aromatic nitrogens is 4. The van der Waals surface area contributed by atoms with E-state index >= 15 is 0 Å². The average molecular weight is 455 g/mol. The third-order valence-electron chi connectivity index (χ3n) is 5.37. The second kappa shape index (κ2) is 7.25. The molecule has 9 heteroatoms. The Balaban J connectivity index is 1.47. The summed E-state index contributed by atoms with van der Waals surface area (Å²) in [6, 6.07) is 7.45. The molecule has 5 rings (SSSR count). The Hall–Kier alpha value is -2.55. The third-order valence-corrected chi connectivity index (χ3v) is 7.18. The summed E-state index contributed by atoms with van der Waals surface area (Å²) in [5.41, 5.74) is 2.77. The molecule has 4 aromatic rings. The van der Waals surface area contributed by atoms with Gasteiger partial charge in [-0.15, -0.1) is 16.4 Å². The molecule has 0 atom stereocenters. The van der Waals surface area contributed by atoms with Crippen LogP contribution in [0, 0.1) is 0 Å². The minimum absolute atomic E-state index is 0.0171. The third kappa shape index (κ3) is 3.69. The second-order valence-electron chi connectivity index (χ2n) is 8.97. The van der Waals surface area contributed by atoms with E-state index in [0.717, 1.165) is 27.8 Å². The van der Waals surface area contributed by atoms with Crippen LogP contribution in [0.3, 0.4) is 0 Å². The monoisotopic (exact) mass is 454 g/mol. The molecule has 0 saturated heterocycles. The van der Waals surface area contributed by atoms with E-state index in [2.05, 4.69) is 48.3 Å². The molecular weight excluding hydrogens is 432 g/mol. The summed E-state index contributed by atoms with van der Waals surface area (Å²) in [6.45, 7) is 9.07. The fourth-order valence-corrected chi connectivity index (χ4v) is 5.79. The SMILES string of the molecule is CC1(C)Cc2c(sc3ncn4nc(CO/N=C/c5ccccc5Cl)nc4c23)C(C)(C)N1. The Morgan fingerprint density at radius 3 is 2.90 bits per heavy atom. The molecule has 0 saturated carbocycles. The van der Waals surface area contributed by atoms with Crippen molar-refractivity contribution in [3.8, 4) is 0 Å². The maximum Gasteiger partial charge on any atom is 0.192 e. The van der Waals surface area contributed by atoms with E-state index in [9.17, 15) is 0 Å². The number of halogens is 1. The molecule has 1 aliphatic heterocycles. The fraction of sp³-hybridized carbons (Fsp3) is 0.364.